The molecule has 132 valence electrons. The fourth-order valence-electron chi connectivity index (χ4n) is 2.77. The highest BCUT2D eigenvalue weighted by atomic mass is 19.1. The molecule has 0 aromatic carbocycles. The zero-order chi connectivity index (χ0) is 17.9. The van der Waals surface area contributed by atoms with Crippen LogP contribution in [0.4, 0.5) is 4.39 Å². The number of amides is 1. The highest BCUT2D eigenvalue weighted by Gasteiger charge is 2.33. The summed E-state index contributed by atoms with van der Waals surface area (Å²) in [5.74, 6) is -0.0420. The van der Waals surface area contributed by atoms with Gasteiger partial charge in [0.2, 0.25) is 0 Å². The average Bonchev–Trinajstić information content (AvgIpc) is 2.98. The van der Waals surface area contributed by atoms with Gasteiger partial charge in [-0.3, -0.25) is 9.78 Å². The normalized spacial score (nSPS) is 17.0. The fourth-order valence-corrected chi connectivity index (χ4v) is 2.77. The van der Waals surface area contributed by atoms with Crippen molar-refractivity contribution in [3.05, 3.63) is 36.2 Å². The van der Waals surface area contributed by atoms with E-state index in [-0.39, 0.29) is 12.2 Å². The van der Waals surface area contributed by atoms with Crippen LogP contribution < -0.4 is 5.73 Å². The van der Waals surface area contributed by atoms with Gasteiger partial charge in [-0.25, -0.2) is 14.4 Å². The first-order valence-corrected chi connectivity index (χ1v) is 8.09. The summed E-state index contributed by atoms with van der Waals surface area (Å²) in [4.78, 5) is 23.9. The Labute approximate surface area is 144 Å². The largest absolute Gasteiger partial charge is 0.381 e. The fraction of sp³-hybridized carbons (Fsp3) is 0.412. The number of primary amides is 1. The molecule has 0 unspecified atom stereocenters. The van der Waals surface area contributed by atoms with Crippen molar-refractivity contribution in [3.63, 3.8) is 0 Å². The van der Waals surface area contributed by atoms with E-state index in [1.807, 2.05) is 13.0 Å². The summed E-state index contributed by atoms with van der Waals surface area (Å²) in [6.07, 6.45) is 8.87. The van der Waals surface area contributed by atoms with Crippen molar-refractivity contribution >= 4 is 12.0 Å². The molecule has 7 nitrogen and oxygen atoms in total. The lowest BCUT2D eigenvalue weighted by Crippen LogP contribution is -2.36. The molecule has 0 saturated carbocycles. The first-order valence-electron chi connectivity index (χ1n) is 8.09. The number of allylic oxidation sites excluding steroid dienone is 1. The number of hydrogen-bond acceptors (Lipinski definition) is 5. The molecular formula is C17H20FN5O2. The molecule has 0 bridgehead atoms. The zero-order valence-electron chi connectivity index (χ0n) is 14.0. The molecule has 1 aliphatic heterocycles. The summed E-state index contributed by atoms with van der Waals surface area (Å²) in [5, 5.41) is 0. The lowest BCUT2D eigenvalue weighted by atomic mass is 9.96. The monoisotopic (exact) mass is 345 g/mol. The van der Waals surface area contributed by atoms with Crippen LogP contribution in [0.2, 0.25) is 0 Å². The summed E-state index contributed by atoms with van der Waals surface area (Å²) in [6.45, 7) is 2.89. The number of hydrogen-bond donors (Lipinski definition) is 1. The zero-order valence-corrected chi connectivity index (χ0v) is 14.0. The maximum Gasteiger partial charge on any atom is 0.268 e. The molecule has 0 radical (unpaired) electrons. The van der Waals surface area contributed by atoms with Gasteiger partial charge < -0.3 is 15.0 Å². The summed E-state index contributed by atoms with van der Waals surface area (Å²) >= 11 is 0. The Morgan fingerprint density at radius 1 is 1.36 bits per heavy atom. The predicted molar refractivity (Wildman–Crippen MR) is 90.4 cm³/mol. The summed E-state index contributed by atoms with van der Waals surface area (Å²) in [6, 6.07) is 0. The van der Waals surface area contributed by atoms with Crippen molar-refractivity contribution in [2.75, 3.05) is 13.2 Å². The van der Waals surface area contributed by atoms with Crippen molar-refractivity contribution in [1.29, 1.82) is 0 Å². The Bertz CT molecular complexity index is 796. The molecule has 1 aliphatic rings. The van der Waals surface area contributed by atoms with E-state index in [1.165, 1.54) is 12.4 Å². The van der Waals surface area contributed by atoms with Gasteiger partial charge in [-0.05, 0) is 13.0 Å². The molecule has 8 heteroatoms. The number of carbonyl (C=O) groups excluding carboxylic acids is 1. The third-order valence-corrected chi connectivity index (χ3v) is 4.12. The van der Waals surface area contributed by atoms with Gasteiger partial charge in [0.25, 0.3) is 5.91 Å². The quantitative estimate of drug-likeness (QED) is 0.894. The molecule has 2 N–H and O–H groups in total. The first kappa shape index (κ1) is 17.2. The van der Waals surface area contributed by atoms with Crippen molar-refractivity contribution in [2.24, 2.45) is 5.73 Å². The number of nitrogens with zero attached hydrogens (tertiary/aromatic N) is 4. The molecule has 0 spiro atoms. The van der Waals surface area contributed by atoms with Gasteiger partial charge in [-0.1, -0.05) is 6.08 Å². The molecular weight excluding hydrogens is 325 g/mol. The standard InChI is InChI=1S/C17H20FN5O2/c1-2-3-15-22-14(12-8-20-9-13(21-12)16(19)24)10-23(15)11-17(18)4-6-25-7-5-17/h2-3,8-10H,4-7,11H2,1H3,(H2,19,24)/b3-2-. The van der Waals surface area contributed by atoms with Crippen molar-refractivity contribution < 1.29 is 13.9 Å². The molecule has 0 atom stereocenters. The van der Waals surface area contributed by atoms with E-state index in [4.69, 9.17) is 10.5 Å². The number of rotatable bonds is 5. The van der Waals surface area contributed by atoms with E-state index in [9.17, 15) is 4.79 Å². The Hall–Kier alpha value is -2.61. The first-order chi connectivity index (χ1) is 12.0. The van der Waals surface area contributed by atoms with Crippen LogP contribution in [-0.2, 0) is 11.3 Å². The topological polar surface area (TPSA) is 95.9 Å². The van der Waals surface area contributed by atoms with E-state index in [0.29, 0.717) is 43.3 Å². The second-order valence-electron chi connectivity index (χ2n) is 6.03. The molecule has 1 fully saturated rings. The van der Waals surface area contributed by atoms with Crippen LogP contribution in [-0.4, -0.2) is 44.3 Å². The lowest BCUT2D eigenvalue weighted by molar-refractivity contribution is -0.0178. The second kappa shape index (κ2) is 7.10. The van der Waals surface area contributed by atoms with Crippen LogP contribution in [0.5, 0.6) is 0 Å². The molecule has 3 rings (SSSR count). The van der Waals surface area contributed by atoms with Crippen LogP contribution in [0.25, 0.3) is 17.5 Å². The third-order valence-electron chi connectivity index (χ3n) is 4.12. The number of alkyl halides is 1. The molecule has 1 saturated heterocycles. The van der Waals surface area contributed by atoms with E-state index < -0.39 is 11.6 Å². The summed E-state index contributed by atoms with van der Waals surface area (Å²) in [5.41, 5.74) is 4.91. The van der Waals surface area contributed by atoms with Crippen LogP contribution in [0.15, 0.2) is 24.7 Å². The van der Waals surface area contributed by atoms with Crippen LogP contribution in [0, 0.1) is 0 Å². The molecule has 2 aromatic rings. The summed E-state index contributed by atoms with van der Waals surface area (Å²) in [7, 11) is 0. The van der Waals surface area contributed by atoms with Gasteiger partial charge in [-0.15, -0.1) is 0 Å². The maximum atomic E-state index is 15.0. The van der Waals surface area contributed by atoms with Gasteiger partial charge in [0.1, 0.15) is 28.6 Å². The van der Waals surface area contributed by atoms with Gasteiger partial charge in [0.05, 0.1) is 18.9 Å². The van der Waals surface area contributed by atoms with E-state index in [2.05, 4.69) is 15.0 Å². The Kier molecular flexibility index (Phi) is 4.89. The number of halogens is 1. The van der Waals surface area contributed by atoms with E-state index >= 15 is 4.39 Å². The number of carbonyl (C=O) groups is 1. The van der Waals surface area contributed by atoms with Crippen LogP contribution in [0.3, 0.4) is 0 Å². The van der Waals surface area contributed by atoms with Crippen molar-refractivity contribution in [1.82, 2.24) is 19.5 Å². The van der Waals surface area contributed by atoms with E-state index in [1.54, 1.807) is 16.8 Å². The number of aromatic nitrogens is 4. The molecule has 1 amide bonds. The second-order valence-corrected chi connectivity index (χ2v) is 6.03. The van der Waals surface area contributed by atoms with Crippen molar-refractivity contribution in [3.8, 4) is 11.4 Å². The predicted octanol–water partition coefficient (Wildman–Crippen LogP) is 1.99. The minimum Gasteiger partial charge on any atom is -0.381 e. The van der Waals surface area contributed by atoms with Gasteiger partial charge in [0, 0.05) is 32.3 Å². The smallest absolute Gasteiger partial charge is 0.268 e. The Morgan fingerprint density at radius 2 is 2.12 bits per heavy atom. The Balaban J connectivity index is 1.94. The molecule has 25 heavy (non-hydrogen) atoms. The number of nitrogens with two attached hydrogens (primary N) is 1. The van der Waals surface area contributed by atoms with Gasteiger partial charge in [0.15, 0.2) is 0 Å². The number of imidazole rings is 1. The minimum atomic E-state index is -1.33. The highest BCUT2D eigenvalue weighted by Crippen LogP contribution is 2.29. The lowest BCUT2D eigenvalue weighted by Gasteiger charge is -2.30. The average molecular weight is 345 g/mol. The number of ether oxygens (including phenoxy) is 1. The van der Waals surface area contributed by atoms with Crippen LogP contribution >= 0.6 is 0 Å². The highest BCUT2D eigenvalue weighted by molar-refractivity contribution is 5.90. The molecule has 2 aromatic heterocycles. The van der Waals surface area contributed by atoms with E-state index in [0.717, 1.165) is 0 Å². The van der Waals surface area contributed by atoms with Gasteiger partial charge in [-0.2, -0.15) is 0 Å². The van der Waals surface area contributed by atoms with Crippen LogP contribution in [0.1, 0.15) is 36.1 Å². The van der Waals surface area contributed by atoms with Crippen molar-refractivity contribution in [2.45, 2.75) is 32.0 Å². The van der Waals surface area contributed by atoms with Gasteiger partial charge >= 0.3 is 0 Å². The Morgan fingerprint density at radius 3 is 2.80 bits per heavy atom. The maximum absolute atomic E-state index is 15.0. The summed E-state index contributed by atoms with van der Waals surface area (Å²) < 4.78 is 22.0. The minimum absolute atomic E-state index is 0.0611. The molecule has 3 heterocycles. The molecule has 0 aliphatic carbocycles. The third kappa shape index (κ3) is 3.90. The SMILES string of the molecule is C/C=C\c1nc(-c2cncc(C(N)=O)n2)cn1CC1(F)CCOCC1.